The predicted octanol–water partition coefficient (Wildman–Crippen LogP) is 0.840. The molecule has 5 nitrogen and oxygen atoms in total. The van der Waals surface area contributed by atoms with Gasteiger partial charge >= 0.3 is 0 Å². The molecule has 5 heteroatoms. The summed E-state index contributed by atoms with van der Waals surface area (Å²) in [5.74, 6) is 0.313. The molecule has 0 spiro atoms. The largest absolute Gasteiger partial charge is 0.359 e. The maximum atomic E-state index is 12.0. The Morgan fingerprint density at radius 1 is 0.947 bits per heavy atom. The summed E-state index contributed by atoms with van der Waals surface area (Å²) in [7, 11) is 5.41. The zero-order valence-electron chi connectivity index (χ0n) is 12.6. The molecule has 1 unspecified atom stereocenters. The number of hydrogen-bond donors (Lipinski definition) is 3. The van der Waals surface area contributed by atoms with Crippen molar-refractivity contribution in [2.24, 2.45) is 0 Å². The summed E-state index contributed by atoms with van der Waals surface area (Å²) in [6.45, 7) is 0.997. The van der Waals surface area contributed by atoms with Crippen molar-refractivity contribution in [2.45, 2.75) is 51.0 Å². The lowest BCUT2D eigenvalue weighted by molar-refractivity contribution is -0.122. The van der Waals surface area contributed by atoms with Crippen molar-refractivity contribution in [1.82, 2.24) is 16.0 Å². The van der Waals surface area contributed by atoms with Crippen LogP contribution in [0, 0.1) is 0 Å². The topological polar surface area (TPSA) is 70.2 Å². The molecule has 0 saturated carbocycles. The Balaban J connectivity index is 3.72. The van der Waals surface area contributed by atoms with E-state index in [0.29, 0.717) is 12.8 Å². The molecular weight excluding hydrogens is 242 g/mol. The highest BCUT2D eigenvalue weighted by atomic mass is 16.1. The van der Waals surface area contributed by atoms with Crippen LogP contribution in [-0.2, 0) is 9.59 Å². The summed E-state index contributed by atoms with van der Waals surface area (Å²) in [6.07, 6.45) is 5.69. The van der Waals surface area contributed by atoms with Gasteiger partial charge in [0.1, 0.15) is 5.78 Å². The summed E-state index contributed by atoms with van der Waals surface area (Å²) in [5, 5.41) is 8.78. The average Bonchev–Trinajstić information content (AvgIpc) is 2.43. The summed E-state index contributed by atoms with van der Waals surface area (Å²) in [5.41, 5.74) is 0. The molecule has 0 heterocycles. The van der Waals surface area contributed by atoms with Gasteiger partial charge in [-0.05, 0) is 46.3 Å². The minimum Gasteiger partial charge on any atom is -0.359 e. The first-order chi connectivity index (χ1) is 9.15. The van der Waals surface area contributed by atoms with Crippen molar-refractivity contribution in [3.8, 4) is 0 Å². The van der Waals surface area contributed by atoms with Gasteiger partial charge in [0.2, 0.25) is 5.91 Å². The number of carbonyl (C=O) groups excluding carboxylic acids is 2. The molecule has 19 heavy (non-hydrogen) atoms. The van der Waals surface area contributed by atoms with Gasteiger partial charge in [0.05, 0.1) is 6.04 Å². The smallest absolute Gasteiger partial charge is 0.219 e. The van der Waals surface area contributed by atoms with Crippen LogP contribution in [0.3, 0.4) is 0 Å². The van der Waals surface area contributed by atoms with Gasteiger partial charge in [-0.2, -0.15) is 0 Å². The molecule has 1 atom stereocenters. The number of amides is 1. The van der Waals surface area contributed by atoms with Crippen LogP contribution in [-0.4, -0.2) is 45.4 Å². The van der Waals surface area contributed by atoms with E-state index in [1.807, 2.05) is 14.1 Å². The Labute approximate surface area is 116 Å². The molecule has 0 aliphatic heterocycles. The molecule has 0 aromatic rings. The number of Topliss-reactive ketones (excluding diaryl/α,β-unsaturated/α-hetero) is 1. The molecule has 0 saturated heterocycles. The average molecular weight is 271 g/mol. The van der Waals surface area contributed by atoms with Crippen molar-refractivity contribution >= 4 is 11.7 Å². The number of rotatable bonds is 12. The van der Waals surface area contributed by atoms with E-state index >= 15 is 0 Å². The van der Waals surface area contributed by atoms with Crippen LogP contribution in [0.1, 0.15) is 44.9 Å². The molecule has 112 valence electrons. The van der Waals surface area contributed by atoms with E-state index in [0.717, 1.165) is 38.6 Å². The van der Waals surface area contributed by atoms with Crippen LogP contribution in [0.15, 0.2) is 0 Å². The van der Waals surface area contributed by atoms with Gasteiger partial charge in [-0.15, -0.1) is 0 Å². The number of likely N-dealkylation sites (N-methyl/N-ethyl adjacent to an activating group) is 1. The molecule has 0 fully saturated rings. The maximum absolute atomic E-state index is 12.0. The highest BCUT2D eigenvalue weighted by Gasteiger charge is 2.15. The lowest BCUT2D eigenvalue weighted by atomic mass is 10.0. The van der Waals surface area contributed by atoms with E-state index in [2.05, 4.69) is 16.0 Å². The third-order valence-corrected chi connectivity index (χ3v) is 3.26. The molecular formula is C14H29N3O2. The van der Waals surface area contributed by atoms with Crippen molar-refractivity contribution in [3.63, 3.8) is 0 Å². The lowest BCUT2D eigenvalue weighted by Crippen LogP contribution is -2.34. The third kappa shape index (κ3) is 9.62. The van der Waals surface area contributed by atoms with Crippen molar-refractivity contribution in [3.05, 3.63) is 0 Å². The monoisotopic (exact) mass is 271 g/mol. The van der Waals surface area contributed by atoms with E-state index in [4.69, 9.17) is 0 Å². The Morgan fingerprint density at radius 3 is 2.21 bits per heavy atom. The molecule has 0 aromatic carbocycles. The fourth-order valence-corrected chi connectivity index (χ4v) is 2.00. The van der Waals surface area contributed by atoms with E-state index in [-0.39, 0.29) is 17.7 Å². The molecule has 0 aromatic heterocycles. The fourth-order valence-electron chi connectivity index (χ4n) is 2.00. The van der Waals surface area contributed by atoms with E-state index in [1.54, 1.807) is 7.05 Å². The number of hydrogen-bond acceptors (Lipinski definition) is 4. The second-order valence-corrected chi connectivity index (χ2v) is 4.79. The molecule has 0 radical (unpaired) electrons. The van der Waals surface area contributed by atoms with Gasteiger partial charge in [0.15, 0.2) is 0 Å². The first-order valence-corrected chi connectivity index (χ1v) is 7.20. The molecule has 0 rings (SSSR count). The Bertz CT molecular complexity index is 257. The maximum Gasteiger partial charge on any atom is 0.219 e. The second kappa shape index (κ2) is 12.1. The van der Waals surface area contributed by atoms with Gasteiger partial charge in [-0.1, -0.05) is 6.42 Å². The Morgan fingerprint density at radius 2 is 1.63 bits per heavy atom. The highest BCUT2D eigenvalue weighted by Crippen LogP contribution is 2.07. The van der Waals surface area contributed by atoms with Crippen LogP contribution in [0.25, 0.3) is 0 Å². The number of ketones is 1. The molecule has 0 aliphatic carbocycles. The minimum atomic E-state index is -0.0307. The van der Waals surface area contributed by atoms with Gasteiger partial charge in [0.25, 0.3) is 0 Å². The first-order valence-electron chi connectivity index (χ1n) is 7.20. The van der Waals surface area contributed by atoms with E-state index in [9.17, 15) is 9.59 Å². The van der Waals surface area contributed by atoms with Gasteiger partial charge in [-0.25, -0.2) is 0 Å². The number of carbonyl (C=O) groups is 2. The first kappa shape index (κ1) is 18.1. The van der Waals surface area contributed by atoms with E-state index < -0.39 is 0 Å². The molecule has 0 bridgehead atoms. The third-order valence-electron chi connectivity index (χ3n) is 3.26. The van der Waals surface area contributed by atoms with Gasteiger partial charge in [0, 0.05) is 19.9 Å². The summed E-state index contributed by atoms with van der Waals surface area (Å²) in [6, 6.07) is -0.0307. The zero-order chi connectivity index (χ0) is 14.5. The predicted molar refractivity (Wildman–Crippen MR) is 78.2 cm³/mol. The van der Waals surface area contributed by atoms with Crippen LogP contribution < -0.4 is 16.0 Å². The second-order valence-electron chi connectivity index (χ2n) is 4.79. The van der Waals surface area contributed by atoms with Crippen molar-refractivity contribution < 1.29 is 9.59 Å². The standard InChI is InChI=1S/C14H29N3O2/c1-15-11-7-6-8-12(16-2)13(18)9-4-5-10-14(19)17-3/h12,15-16H,4-11H2,1-3H3,(H,17,19). The van der Waals surface area contributed by atoms with Crippen LogP contribution in [0.5, 0.6) is 0 Å². The number of unbranched alkanes of at least 4 members (excludes halogenated alkanes) is 2. The fraction of sp³-hybridized carbons (Fsp3) is 0.857. The van der Waals surface area contributed by atoms with Gasteiger partial charge < -0.3 is 16.0 Å². The normalized spacial score (nSPS) is 12.2. The van der Waals surface area contributed by atoms with Crippen LogP contribution >= 0.6 is 0 Å². The SMILES string of the molecule is CNCCCCC(NC)C(=O)CCCCC(=O)NC. The molecule has 1 amide bonds. The highest BCUT2D eigenvalue weighted by molar-refractivity contribution is 5.84. The quantitative estimate of drug-likeness (QED) is 0.460. The minimum absolute atomic E-state index is 0.0307. The van der Waals surface area contributed by atoms with Crippen molar-refractivity contribution in [1.29, 1.82) is 0 Å². The summed E-state index contributed by atoms with van der Waals surface area (Å²) < 4.78 is 0. The Kier molecular flexibility index (Phi) is 11.5. The molecule has 0 aliphatic rings. The van der Waals surface area contributed by atoms with Crippen LogP contribution in [0.4, 0.5) is 0 Å². The summed E-state index contributed by atoms with van der Waals surface area (Å²) >= 11 is 0. The van der Waals surface area contributed by atoms with Gasteiger partial charge in [-0.3, -0.25) is 9.59 Å². The number of nitrogens with one attached hydrogen (secondary N) is 3. The lowest BCUT2D eigenvalue weighted by Gasteiger charge is -2.14. The molecule has 3 N–H and O–H groups in total. The zero-order valence-corrected chi connectivity index (χ0v) is 12.6. The Hall–Kier alpha value is -0.940. The van der Waals surface area contributed by atoms with E-state index in [1.165, 1.54) is 0 Å². The summed E-state index contributed by atoms with van der Waals surface area (Å²) in [4.78, 5) is 23.0. The van der Waals surface area contributed by atoms with Crippen LogP contribution in [0.2, 0.25) is 0 Å². The van der Waals surface area contributed by atoms with Crippen molar-refractivity contribution in [2.75, 3.05) is 27.7 Å².